The minimum atomic E-state index is -0.541. The second kappa shape index (κ2) is 6.63. The van der Waals surface area contributed by atoms with Gasteiger partial charge >= 0.3 is 0 Å². The third kappa shape index (κ3) is 3.88. The van der Waals surface area contributed by atoms with Gasteiger partial charge in [0.25, 0.3) is 0 Å². The lowest BCUT2D eigenvalue weighted by Gasteiger charge is -2.16. The fraction of sp³-hybridized carbons (Fsp3) is 0.333. The predicted molar refractivity (Wildman–Crippen MR) is 81.5 cm³/mol. The molecular formula is C15H19N3OS. The summed E-state index contributed by atoms with van der Waals surface area (Å²) in [6.07, 6.45) is 0.538. The highest BCUT2D eigenvalue weighted by Crippen LogP contribution is 2.17. The molecular weight excluding hydrogens is 270 g/mol. The van der Waals surface area contributed by atoms with Crippen LogP contribution in [0.15, 0.2) is 35.7 Å². The van der Waals surface area contributed by atoms with E-state index in [0.717, 1.165) is 16.3 Å². The number of carbonyl (C=O) groups excluding carboxylic acids is 1. The molecule has 1 aromatic heterocycles. The second-order valence-electron chi connectivity index (χ2n) is 4.85. The van der Waals surface area contributed by atoms with E-state index in [-0.39, 0.29) is 11.9 Å². The van der Waals surface area contributed by atoms with Crippen molar-refractivity contribution in [2.75, 3.05) is 0 Å². The van der Waals surface area contributed by atoms with Gasteiger partial charge in [0.1, 0.15) is 5.01 Å². The first-order valence-corrected chi connectivity index (χ1v) is 7.46. The number of rotatable bonds is 5. The molecule has 1 heterocycles. The van der Waals surface area contributed by atoms with E-state index in [1.165, 1.54) is 0 Å². The van der Waals surface area contributed by atoms with Gasteiger partial charge in [0.2, 0.25) is 5.91 Å². The predicted octanol–water partition coefficient (Wildman–Crippen LogP) is 2.20. The fourth-order valence-corrected chi connectivity index (χ4v) is 2.72. The van der Waals surface area contributed by atoms with Crippen molar-refractivity contribution >= 4 is 17.2 Å². The van der Waals surface area contributed by atoms with Crippen LogP contribution in [0.4, 0.5) is 0 Å². The van der Waals surface area contributed by atoms with Crippen molar-refractivity contribution in [1.82, 2.24) is 10.3 Å². The number of nitrogens with one attached hydrogen (secondary N) is 1. The summed E-state index contributed by atoms with van der Waals surface area (Å²) < 4.78 is 0. The van der Waals surface area contributed by atoms with Crippen LogP contribution in [0.25, 0.3) is 0 Å². The SMILES string of the molecule is Cc1csc(C(C)NC(=O)[C@@H](N)Cc2ccccc2)n1. The molecule has 0 bridgehead atoms. The molecule has 0 aliphatic heterocycles. The number of thiazole rings is 1. The molecule has 0 aliphatic carbocycles. The van der Waals surface area contributed by atoms with Crippen LogP contribution < -0.4 is 11.1 Å². The molecule has 1 unspecified atom stereocenters. The van der Waals surface area contributed by atoms with Gasteiger partial charge in [-0.3, -0.25) is 4.79 Å². The van der Waals surface area contributed by atoms with Crippen LogP contribution in [-0.4, -0.2) is 16.9 Å². The van der Waals surface area contributed by atoms with Crippen molar-refractivity contribution in [3.05, 3.63) is 52.0 Å². The van der Waals surface area contributed by atoms with E-state index in [4.69, 9.17) is 5.73 Å². The van der Waals surface area contributed by atoms with Gasteiger partial charge in [-0.2, -0.15) is 0 Å². The van der Waals surface area contributed by atoms with Crippen molar-refractivity contribution in [1.29, 1.82) is 0 Å². The highest BCUT2D eigenvalue weighted by Gasteiger charge is 2.18. The summed E-state index contributed by atoms with van der Waals surface area (Å²) in [5, 5.41) is 5.79. The van der Waals surface area contributed by atoms with Crippen molar-refractivity contribution in [3.63, 3.8) is 0 Å². The maximum Gasteiger partial charge on any atom is 0.237 e. The lowest BCUT2D eigenvalue weighted by molar-refractivity contribution is -0.123. The number of benzene rings is 1. The van der Waals surface area contributed by atoms with E-state index in [2.05, 4.69) is 10.3 Å². The minimum Gasteiger partial charge on any atom is -0.346 e. The maximum atomic E-state index is 12.1. The number of carbonyl (C=O) groups is 1. The Balaban J connectivity index is 1.91. The summed E-state index contributed by atoms with van der Waals surface area (Å²) in [4.78, 5) is 16.4. The molecule has 0 aliphatic rings. The number of amides is 1. The van der Waals surface area contributed by atoms with Gasteiger partial charge in [0, 0.05) is 11.1 Å². The van der Waals surface area contributed by atoms with Gasteiger partial charge in [-0.15, -0.1) is 11.3 Å². The molecule has 106 valence electrons. The molecule has 2 rings (SSSR count). The quantitative estimate of drug-likeness (QED) is 0.886. The average molecular weight is 289 g/mol. The number of hydrogen-bond donors (Lipinski definition) is 2. The standard InChI is InChI=1S/C15H19N3OS/c1-10-9-20-15(17-10)11(2)18-14(19)13(16)8-12-6-4-3-5-7-12/h3-7,9,11,13H,8,16H2,1-2H3,(H,18,19)/t11?,13-/m0/s1. The Morgan fingerprint density at radius 1 is 1.40 bits per heavy atom. The van der Waals surface area contributed by atoms with Gasteiger partial charge < -0.3 is 11.1 Å². The Labute approximate surface area is 123 Å². The molecule has 2 aromatic rings. The van der Waals surface area contributed by atoms with E-state index in [0.29, 0.717) is 6.42 Å². The molecule has 0 spiro atoms. The van der Waals surface area contributed by atoms with Crippen LogP contribution in [-0.2, 0) is 11.2 Å². The zero-order valence-corrected chi connectivity index (χ0v) is 12.5. The highest BCUT2D eigenvalue weighted by atomic mass is 32.1. The Morgan fingerprint density at radius 3 is 2.70 bits per heavy atom. The van der Waals surface area contributed by atoms with E-state index >= 15 is 0 Å². The molecule has 1 amide bonds. The molecule has 0 fully saturated rings. The first kappa shape index (κ1) is 14.7. The first-order chi connectivity index (χ1) is 9.56. The summed E-state index contributed by atoms with van der Waals surface area (Å²) in [6, 6.07) is 9.13. The van der Waals surface area contributed by atoms with E-state index in [1.807, 2.05) is 49.6 Å². The molecule has 1 aromatic carbocycles. The smallest absolute Gasteiger partial charge is 0.237 e. The van der Waals surface area contributed by atoms with Crippen molar-refractivity contribution < 1.29 is 4.79 Å². The average Bonchev–Trinajstić information content (AvgIpc) is 2.86. The minimum absolute atomic E-state index is 0.108. The highest BCUT2D eigenvalue weighted by molar-refractivity contribution is 7.09. The fourth-order valence-electron chi connectivity index (χ4n) is 1.91. The molecule has 5 heteroatoms. The summed E-state index contributed by atoms with van der Waals surface area (Å²) in [5.74, 6) is -0.144. The number of nitrogens with zero attached hydrogens (tertiary/aromatic N) is 1. The summed E-state index contributed by atoms with van der Waals surface area (Å²) in [5.41, 5.74) is 7.99. The Bertz CT molecular complexity index is 568. The Kier molecular flexibility index (Phi) is 4.87. The summed E-state index contributed by atoms with van der Waals surface area (Å²) >= 11 is 1.55. The van der Waals surface area contributed by atoms with Crippen LogP contribution >= 0.6 is 11.3 Å². The molecule has 20 heavy (non-hydrogen) atoms. The summed E-state index contributed by atoms with van der Waals surface area (Å²) in [6.45, 7) is 3.86. The zero-order chi connectivity index (χ0) is 14.5. The third-order valence-electron chi connectivity index (χ3n) is 3.00. The van der Waals surface area contributed by atoms with Crippen molar-refractivity contribution in [2.24, 2.45) is 5.73 Å². The number of hydrogen-bond acceptors (Lipinski definition) is 4. The van der Waals surface area contributed by atoms with E-state index in [9.17, 15) is 4.79 Å². The molecule has 0 saturated heterocycles. The van der Waals surface area contributed by atoms with Gasteiger partial charge in [0.05, 0.1) is 12.1 Å². The van der Waals surface area contributed by atoms with Crippen molar-refractivity contribution in [2.45, 2.75) is 32.4 Å². The Morgan fingerprint density at radius 2 is 2.10 bits per heavy atom. The van der Waals surface area contributed by atoms with Gasteiger partial charge in [0.15, 0.2) is 0 Å². The lowest BCUT2D eigenvalue weighted by atomic mass is 10.1. The van der Waals surface area contributed by atoms with Crippen molar-refractivity contribution in [3.8, 4) is 0 Å². The number of aryl methyl sites for hydroxylation is 1. The molecule has 0 radical (unpaired) electrons. The van der Waals surface area contributed by atoms with Gasteiger partial charge in [-0.25, -0.2) is 4.98 Å². The summed E-state index contributed by atoms with van der Waals surface area (Å²) in [7, 11) is 0. The van der Waals surface area contributed by atoms with Crippen LogP contribution in [0, 0.1) is 6.92 Å². The topological polar surface area (TPSA) is 68.0 Å². The Hall–Kier alpha value is -1.72. The van der Waals surface area contributed by atoms with Crippen LogP contribution in [0.1, 0.15) is 29.2 Å². The molecule has 2 atom stereocenters. The molecule has 3 N–H and O–H groups in total. The van der Waals surface area contributed by atoms with Crippen LogP contribution in [0.2, 0.25) is 0 Å². The normalized spacial score (nSPS) is 13.8. The van der Waals surface area contributed by atoms with Crippen LogP contribution in [0.5, 0.6) is 0 Å². The third-order valence-corrected chi connectivity index (χ3v) is 4.15. The lowest BCUT2D eigenvalue weighted by Crippen LogP contribution is -2.42. The van der Waals surface area contributed by atoms with E-state index < -0.39 is 6.04 Å². The first-order valence-electron chi connectivity index (χ1n) is 6.58. The van der Waals surface area contributed by atoms with Crippen LogP contribution in [0.3, 0.4) is 0 Å². The largest absolute Gasteiger partial charge is 0.346 e. The zero-order valence-electron chi connectivity index (χ0n) is 11.7. The molecule has 0 saturated carbocycles. The molecule has 4 nitrogen and oxygen atoms in total. The van der Waals surface area contributed by atoms with Gasteiger partial charge in [-0.05, 0) is 25.8 Å². The van der Waals surface area contributed by atoms with Gasteiger partial charge in [-0.1, -0.05) is 30.3 Å². The second-order valence-corrected chi connectivity index (χ2v) is 5.74. The maximum absolute atomic E-state index is 12.1. The number of aromatic nitrogens is 1. The number of nitrogens with two attached hydrogens (primary N) is 1. The monoisotopic (exact) mass is 289 g/mol. The van der Waals surface area contributed by atoms with E-state index in [1.54, 1.807) is 11.3 Å².